The van der Waals surface area contributed by atoms with Crippen LogP contribution in [0.2, 0.25) is 0 Å². The van der Waals surface area contributed by atoms with Gasteiger partial charge in [-0.15, -0.1) is 0 Å². The van der Waals surface area contributed by atoms with Crippen LogP contribution >= 0.6 is 0 Å². The minimum Gasteiger partial charge on any atom is -0.507 e. The summed E-state index contributed by atoms with van der Waals surface area (Å²) in [5, 5.41) is 95.4. The first-order chi connectivity index (χ1) is 43.9. The molecule has 0 radical (unpaired) electrons. The van der Waals surface area contributed by atoms with E-state index in [0.717, 1.165) is 12.1 Å². The van der Waals surface area contributed by atoms with Gasteiger partial charge in [-0.05, 0) is 114 Å². The molecule has 1 atom stereocenters. The summed E-state index contributed by atoms with van der Waals surface area (Å²) in [5.74, 6) is -4.93. The van der Waals surface area contributed by atoms with Crippen LogP contribution in [0.15, 0.2) is 136 Å². The van der Waals surface area contributed by atoms with Crippen molar-refractivity contribution in [3.05, 3.63) is 186 Å². The van der Waals surface area contributed by atoms with Crippen LogP contribution in [0, 0.1) is 0 Å². The Hall–Kier alpha value is -8.49. The van der Waals surface area contributed by atoms with Crippen LogP contribution in [0.5, 0.6) is 46.0 Å². The number of benzene rings is 8. The number of fused-ring (bicyclic) bond motifs is 16. The van der Waals surface area contributed by atoms with Crippen molar-refractivity contribution in [2.45, 2.75) is 90.5 Å². The van der Waals surface area contributed by atoms with E-state index in [4.69, 9.17) is 0 Å². The molecule has 96 heavy (non-hydrogen) atoms. The van der Waals surface area contributed by atoms with Crippen molar-refractivity contribution in [3.63, 3.8) is 0 Å². The number of hydrogen-bond donors (Lipinski definition) is 16. The van der Waals surface area contributed by atoms with Crippen molar-refractivity contribution >= 4 is 86.5 Å². The molecule has 31 nitrogen and oxygen atoms in total. The average Bonchev–Trinajstić information content (AvgIpc) is 0.783. The van der Waals surface area contributed by atoms with Gasteiger partial charge in [0.05, 0.1) is 39.2 Å². The smallest absolute Gasteiger partial charge is 0.294 e. The first kappa shape index (κ1) is 71.8. The van der Waals surface area contributed by atoms with Crippen LogP contribution in [0.3, 0.4) is 0 Å². The van der Waals surface area contributed by atoms with Crippen molar-refractivity contribution in [1.82, 2.24) is 0 Å². The number of rotatable bonds is 8. The highest BCUT2D eigenvalue weighted by Gasteiger charge is 2.30. The first-order valence-electron chi connectivity index (χ1n) is 26.6. The highest BCUT2D eigenvalue weighted by atomic mass is 32.2. The van der Waals surface area contributed by atoms with Crippen LogP contribution in [0.1, 0.15) is 89.0 Å². The molecule has 0 fully saturated rings. The Labute approximate surface area is 545 Å². The molecule has 39 heteroatoms. The normalized spacial score (nSPS) is 14.6. The summed E-state index contributed by atoms with van der Waals surface area (Å²) < 4.78 is 277. The average molecular weight is 1490 g/mol. The number of phenols is 8. The van der Waals surface area contributed by atoms with Gasteiger partial charge in [-0.1, -0.05) is 0 Å². The summed E-state index contributed by atoms with van der Waals surface area (Å²) in [4.78, 5) is -8.29. The second kappa shape index (κ2) is 24.9. The third kappa shape index (κ3) is 15.3. The molecule has 0 amide bonds. The summed E-state index contributed by atoms with van der Waals surface area (Å²) in [7, 11) is -42.3. The minimum atomic E-state index is -5.42. The van der Waals surface area contributed by atoms with Gasteiger partial charge in [-0.3, -0.25) is 31.9 Å². The molecule has 0 spiro atoms. The fourth-order valence-corrected chi connectivity index (χ4v) is 15.6. The maximum atomic E-state index is 13.3. The second-order valence-electron chi connectivity index (χ2n) is 22.1. The molecule has 8 aromatic carbocycles. The molecule has 0 saturated carbocycles. The lowest BCUT2D eigenvalue weighted by molar-refractivity contribution is 0.450. The summed E-state index contributed by atoms with van der Waals surface area (Å²) in [6.07, 6.45) is -8.15. The Morgan fingerprint density at radius 3 is 0.344 bits per heavy atom. The highest BCUT2D eigenvalue weighted by Crippen LogP contribution is 2.44. The van der Waals surface area contributed by atoms with Gasteiger partial charge in [0, 0.05) is 129 Å². The van der Waals surface area contributed by atoms with Crippen LogP contribution in [0.25, 0.3) is 0 Å². The molecule has 512 valence electrons. The predicted octanol–water partition coefficient (Wildman–Crippen LogP) is 4.65. The maximum absolute atomic E-state index is 13.3. The SMILES string of the molecule is C=S(=O)(O)c1cc2c(O)c(c1)Cc1cc(S(=O)(=O)O)cc(c1O)Cc1cc(S(=O)(=O)O)cc(c1O)Cc1cc(S(=O)(=O)O)cc(c1O)Cc1cc(S(=O)(=O)O)cc(c1O)Cc1cc(S(=O)(=O)O)cc(c1O)Cc1cc(S(=O)(=O)O)cc(c1O)Cc1cc(S(=O)(=O)O)cc(c1O)C2. The molecular formula is C57H50O31S8. The second-order valence-corrected chi connectivity index (χ2v) is 33.8. The van der Waals surface area contributed by atoms with Gasteiger partial charge in [0.25, 0.3) is 70.8 Å². The summed E-state index contributed by atoms with van der Waals surface area (Å²) in [6, 6.07) is 9.82. The summed E-state index contributed by atoms with van der Waals surface area (Å²) in [5.41, 5.74) is -10.4. The monoisotopic (exact) mass is 1490 g/mol. The molecule has 0 heterocycles. The Balaban J connectivity index is 1.36. The Morgan fingerprint density at radius 1 is 0.188 bits per heavy atom. The molecule has 1 unspecified atom stereocenters. The van der Waals surface area contributed by atoms with Crippen molar-refractivity contribution in [3.8, 4) is 46.0 Å². The van der Waals surface area contributed by atoms with E-state index >= 15 is 0 Å². The molecule has 0 aromatic heterocycles. The van der Waals surface area contributed by atoms with Gasteiger partial charge in [0.15, 0.2) is 0 Å². The fourth-order valence-electron chi connectivity index (χ4n) is 10.8. The lowest BCUT2D eigenvalue weighted by atomic mass is 9.91. The standard InChI is InChI=1S/C57H50O31S8/c1-89(66,67)42-10-26-2-28-12-43(90(68,69)70)14-30(51(28)59)4-32-16-45(92(74,75)76)18-34(53(32)61)6-36-20-47(94(80,81)82)22-38(55(36)63)8-40-24-49(96(86,87)88)25-41(57(40)65)9-39-23-48(95(83,84)85)21-37(56(39)64)7-35-19-46(93(77,78)79)17-33(54(35)62)5-31-15-44(91(71,72)73)13-29(52(31)60)3-27(11-42)50(26)58/h10-25,58-65H,1-9H2,(H,66,67)(H,68,69,70)(H,71,72,73)(H,74,75,76)(H,77,78,79)(H,80,81,82)(H,83,84,85)(H,86,87,88). The van der Waals surface area contributed by atoms with E-state index in [0.29, 0.717) is 84.9 Å². The molecule has 9 rings (SSSR count). The van der Waals surface area contributed by atoms with E-state index in [-0.39, 0.29) is 0 Å². The maximum Gasteiger partial charge on any atom is 0.294 e. The molecule has 16 N–H and O–H groups in total. The first-order valence-corrected chi connectivity index (χ1v) is 38.3. The van der Waals surface area contributed by atoms with E-state index < -0.39 is 306 Å². The van der Waals surface area contributed by atoms with Crippen molar-refractivity contribution in [2.75, 3.05) is 0 Å². The lowest BCUT2D eigenvalue weighted by Crippen LogP contribution is -2.08. The largest absolute Gasteiger partial charge is 0.507 e. The third-order valence-electron chi connectivity index (χ3n) is 15.4. The van der Waals surface area contributed by atoms with E-state index in [9.17, 15) is 140 Å². The zero-order chi connectivity index (χ0) is 71.4. The topological polar surface area (TPSA) is 580 Å². The van der Waals surface area contributed by atoms with Gasteiger partial charge >= 0.3 is 0 Å². The number of aromatic hydroxyl groups is 8. The van der Waals surface area contributed by atoms with Crippen LogP contribution in [-0.4, -0.2) is 146 Å². The van der Waals surface area contributed by atoms with Crippen LogP contribution in [0.4, 0.5) is 0 Å². The minimum absolute atomic E-state index is 0.537. The van der Waals surface area contributed by atoms with Gasteiger partial charge in [0.1, 0.15) is 55.8 Å². The third-order valence-corrected chi connectivity index (χ3v) is 22.2. The molecule has 0 aliphatic heterocycles. The van der Waals surface area contributed by atoms with Crippen LogP contribution < -0.4 is 0 Å². The quantitative estimate of drug-likeness (QED) is 0.0727. The highest BCUT2D eigenvalue weighted by molar-refractivity contribution is 7.95. The van der Waals surface area contributed by atoms with Gasteiger partial charge in [-0.25, -0.2) is 4.21 Å². The molecule has 8 aromatic rings. The zero-order valence-corrected chi connectivity index (χ0v) is 54.7. The molecule has 0 saturated heterocycles. The van der Waals surface area contributed by atoms with Crippen molar-refractivity contribution in [2.24, 2.45) is 0 Å². The Morgan fingerprint density at radius 2 is 0.271 bits per heavy atom. The van der Waals surface area contributed by atoms with E-state index in [1.54, 1.807) is 0 Å². The molecular weight excluding hydrogens is 1440 g/mol. The van der Waals surface area contributed by atoms with Crippen molar-refractivity contribution in [1.29, 1.82) is 0 Å². The Kier molecular flexibility index (Phi) is 18.6. The zero-order valence-electron chi connectivity index (χ0n) is 48.1. The summed E-state index contributed by atoms with van der Waals surface area (Å²) in [6.45, 7) is 0. The number of phenolic OH excluding ortho intramolecular Hbond substituents is 8. The van der Waals surface area contributed by atoms with E-state index in [1.807, 2.05) is 0 Å². The van der Waals surface area contributed by atoms with Gasteiger partial charge in [-0.2, -0.15) is 58.9 Å². The Bertz CT molecular complexity index is 4440. The molecule has 1 aliphatic carbocycles. The van der Waals surface area contributed by atoms with Gasteiger partial charge in [0.2, 0.25) is 0 Å². The molecule has 16 bridgehead atoms. The van der Waals surface area contributed by atoms with Gasteiger partial charge < -0.3 is 45.4 Å². The van der Waals surface area contributed by atoms with E-state index in [1.165, 1.54) is 0 Å². The number of hydrogen-bond acceptors (Lipinski definition) is 23. The van der Waals surface area contributed by atoms with E-state index in [2.05, 4.69) is 5.87 Å². The predicted molar refractivity (Wildman–Crippen MR) is 332 cm³/mol. The van der Waals surface area contributed by atoms with Crippen molar-refractivity contribution < 1.29 is 140 Å². The fraction of sp³-hybridized carbons (Fsp3) is 0.140. The van der Waals surface area contributed by atoms with Crippen LogP contribution in [-0.2, 0) is 132 Å². The molecule has 1 aliphatic rings. The summed E-state index contributed by atoms with van der Waals surface area (Å²) >= 11 is 0. The lowest BCUT2D eigenvalue weighted by Gasteiger charge is -2.19.